The first kappa shape index (κ1) is 13.4. The summed E-state index contributed by atoms with van der Waals surface area (Å²) < 4.78 is 37.6. The van der Waals surface area contributed by atoms with Gasteiger partial charge in [-0.2, -0.15) is 0 Å². The van der Waals surface area contributed by atoms with Gasteiger partial charge in [0.1, 0.15) is 5.82 Å². The summed E-state index contributed by atoms with van der Waals surface area (Å²) in [5, 5.41) is 7.05. The van der Waals surface area contributed by atoms with Crippen LogP contribution in [0.4, 0.5) is 10.1 Å². The molecule has 0 spiro atoms. The molecule has 0 aliphatic heterocycles. The summed E-state index contributed by atoms with van der Waals surface area (Å²) in [5.74, 6) is -2.20. The fourth-order valence-corrected chi connectivity index (χ4v) is 2.36. The lowest BCUT2D eigenvalue weighted by Crippen LogP contribution is -2.39. The smallest absolute Gasteiger partial charge is 0.323 e. The maximum atomic E-state index is 13.4. The summed E-state index contributed by atoms with van der Waals surface area (Å²) in [6, 6.07) is 5.25. The van der Waals surface area contributed by atoms with Crippen molar-refractivity contribution in [3.8, 4) is 0 Å². The minimum Gasteiger partial charge on any atom is -0.480 e. The zero-order valence-corrected chi connectivity index (χ0v) is 10.1. The molecule has 7 heteroatoms. The number of benzene rings is 1. The molecule has 0 radical (unpaired) electrons. The fourth-order valence-electron chi connectivity index (χ4n) is 1.21. The zero-order valence-electron chi connectivity index (χ0n) is 9.29. The van der Waals surface area contributed by atoms with Crippen LogP contribution in [0.2, 0.25) is 0 Å². The normalized spacial score (nSPS) is 13.1. The summed E-state index contributed by atoms with van der Waals surface area (Å²) in [4.78, 5) is 10.7. The standard InChI is InChI=1S/C10H12FNO4S/c1-7(10(13)14)17(15,16)12(2)9-6-4-3-5-8(9)11/h3-7H,1-2H3,(H,13,14). The third-order valence-electron chi connectivity index (χ3n) is 2.37. The van der Waals surface area contributed by atoms with E-state index in [2.05, 4.69) is 0 Å². The molecule has 17 heavy (non-hydrogen) atoms. The maximum Gasteiger partial charge on any atom is 0.323 e. The van der Waals surface area contributed by atoms with Crippen LogP contribution < -0.4 is 4.31 Å². The highest BCUT2D eigenvalue weighted by Crippen LogP contribution is 2.22. The van der Waals surface area contributed by atoms with Gasteiger partial charge >= 0.3 is 5.97 Å². The molecule has 1 aromatic carbocycles. The van der Waals surface area contributed by atoms with E-state index in [1.165, 1.54) is 18.2 Å². The van der Waals surface area contributed by atoms with Crippen LogP contribution in [-0.4, -0.2) is 31.8 Å². The van der Waals surface area contributed by atoms with Gasteiger partial charge in [0.2, 0.25) is 10.0 Å². The number of para-hydroxylation sites is 1. The van der Waals surface area contributed by atoms with Crippen molar-refractivity contribution in [2.75, 3.05) is 11.4 Å². The second-order valence-electron chi connectivity index (χ2n) is 3.44. The van der Waals surface area contributed by atoms with E-state index in [4.69, 9.17) is 5.11 Å². The third kappa shape index (κ3) is 2.55. The molecule has 1 rings (SSSR count). The predicted molar refractivity (Wildman–Crippen MR) is 60.8 cm³/mol. The Labute approximate surface area is 98.5 Å². The summed E-state index contributed by atoms with van der Waals surface area (Å²) in [6.07, 6.45) is 0. The first-order valence-corrected chi connectivity index (χ1v) is 6.24. The van der Waals surface area contributed by atoms with E-state index in [0.29, 0.717) is 4.31 Å². The van der Waals surface area contributed by atoms with E-state index >= 15 is 0 Å². The van der Waals surface area contributed by atoms with Crippen molar-refractivity contribution < 1.29 is 22.7 Å². The number of hydrogen-bond donors (Lipinski definition) is 1. The average Bonchev–Trinajstić information content (AvgIpc) is 2.27. The number of anilines is 1. The van der Waals surface area contributed by atoms with Crippen molar-refractivity contribution in [1.82, 2.24) is 0 Å². The average molecular weight is 261 g/mol. The molecule has 0 heterocycles. The molecule has 0 fully saturated rings. The number of hydrogen-bond acceptors (Lipinski definition) is 3. The van der Waals surface area contributed by atoms with E-state index in [1.807, 2.05) is 0 Å². The van der Waals surface area contributed by atoms with E-state index in [0.717, 1.165) is 20.0 Å². The van der Waals surface area contributed by atoms with Gasteiger partial charge in [0.05, 0.1) is 5.69 Å². The molecular weight excluding hydrogens is 249 g/mol. The lowest BCUT2D eigenvalue weighted by molar-refractivity contribution is -0.136. The predicted octanol–water partition coefficient (Wildman–Crippen LogP) is 1.06. The van der Waals surface area contributed by atoms with Gasteiger partial charge in [-0.3, -0.25) is 9.10 Å². The maximum absolute atomic E-state index is 13.4. The Balaban J connectivity index is 3.18. The molecule has 94 valence electrons. The Morgan fingerprint density at radius 2 is 1.94 bits per heavy atom. The number of halogens is 1. The molecule has 0 aliphatic carbocycles. The Kier molecular flexibility index (Phi) is 3.72. The summed E-state index contributed by atoms with van der Waals surface area (Å²) >= 11 is 0. The molecular formula is C10H12FNO4S. The minimum atomic E-state index is -4.12. The van der Waals surface area contributed by atoms with Crippen LogP contribution in [0.15, 0.2) is 24.3 Å². The number of carboxylic acids is 1. The molecule has 5 nitrogen and oxygen atoms in total. The molecule has 0 aliphatic rings. The van der Waals surface area contributed by atoms with E-state index in [-0.39, 0.29) is 5.69 Å². The molecule has 1 N–H and O–H groups in total. The topological polar surface area (TPSA) is 74.7 Å². The highest BCUT2D eigenvalue weighted by Gasteiger charge is 2.32. The number of carbonyl (C=O) groups is 1. The van der Waals surface area contributed by atoms with E-state index in [1.54, 1.807) is 0 Å². The second kappa shape index (κ2) is 4.70. The van der Waals surface area contributed by atoms with Crippen molar-refractivity contribution in [3.63, 3.8) is 0 Å². The van der Waals surface area contributed by atoms with Gasteiger partial charge in [0.25, 0.3) is 0 Å². The Morgan fingerprint density at radius 3 is 2.41 bits per heavy atom. The number of rotatable bonds is 4. The molecule has 0 saturated heterocycles. The van der Waals surface area contributed by atoms with Crippen LogP contribution in [0.1, 0.15) is 6.92 Å². The van der Waals surface area contributed by atoms with Crippen LogP contribution in [0.3, 0.4) is 0 Å². The first-order valence-electron chi connectivity index (χ1n) is 4.73. The molecule has 1 unspecified atom stereocenters. The zero-order chi connectivity index (χ0) is 13.2. The number of sulfonamides is 1. The van der Waals surface area contributed by atoms with Crippen molar-refractivity contribution in [2.24, 2.45) is 0 Å². The van der Waals surface area contributed by atoms with Gasteiger partial charge in [-0.25, -0.2) is 12.8 Å². The highest BCUT2D eigenvalue weighted by molar-refractivity contribution is 7.94. The Hall–Kier alpha value is -1.63. The van der Waals surface area contributed by atoms with Crippen molar-refractivity contribution in [1.29, 1.82) is 0 Å². The number of nitrogens with zero attached hydrogens (tertiary/aromatic N) is 1. The summed E-state index contributed by atoms with van der Waals surface area (Å²) in [5.41, 5.74) is -0.180. The minimum absolute atomic E-state index is 0.180. The Morgan fingerprint density at radius 1 is 1.41 bits per heavy atom. The van der Waals surface area contributed by atoms with Gasteiger partial charge < -0.3 is 5.11 Å². The molecule has 1 aromatic rings. The van der Waals surface area contributed by atoms with Crippen LogP contribution >= 0.6 is 0 Å². The number of aliphatic carboxylic acids is 1. The third-order valence-corrected chi connectivity index (χ3v) is 4.42. The van der Waals surface area contributed by atoms with Gasteiger partial charge in [0, 0.05) is 7.05 Å². The molecule has 0 bridgehead atoms. The second-order valence-corrected chi connectivity index (χ2v) is 5.73. The van der Waals surface area contributed by atoms with Gasteiger partial charge in [-0.05, 0) is 19.1 Å². The lowest BCUT2D eigenvalue weighted by atomic mass is 10.3. The monoisotopic (exact) mass is 261 g/mol. The van der Waals surface area contributed by atoms with Crippen molar-refractivity contribution in [2.45, 2.75) is 12.2 Å². The number of carboxylic acid groups (broad SMARTS) is 1. The van der Waals surface area contributed by atoms with E-state index < -0.39 is 27.1 Å². The highest BCUT2D eigenvalue weighted by atomic mass is 32.2. The summed E-state index contributed by atoms with van der Waals surface area (Å²) in [7, 11) is -3.00. The Bertz CT molecular complexity index is 529. The van der Waals surface area contributed by atoms with Crippen LogP contribution in [-0.2, 0) is 14.8 Å². The van der Waals surface area contributed by atoms with Gasteiger partial charge in [0.15, 0.2) is 5.25 Å². The SMILES string of the molecule is CC(C(=O)O)S(=O)(=O)N(C)c1ccccc1F. The van der Waals surface area contributed by atoms with E-state index in [9.17, 15) is 17.6 Å². The largest absolute Gasteiger partial charge is 0.480 e. The van der Waals surface area contributed by atoms with Crippen molar-refractivity contribution >= 4 is 21.7 Å². The molecule has 0 aromatic heterocycles. The quantitative estimate of drug-likeness (QED) is 0.879. The molecule has 0 amide bonds. The van der Waals surface area contributed by atoms with Gasteiger partial charge in [-0.15, -0.1) is 0 Å². The summed E-state index contributed by atoms with van der Waals surface area (Å²) in [6.45, 7) is 1.04. The molecule has 0 saturated carbocycles. The van der Waals surface area contributed by atoms with Crippen molar-refractivity contribution in [3.05, 3.63) is 30.1 Å². The fraction of sp³-hybridized carbons (Fsp3) is 0.300. The lowest BCUT2D eigenvalue weighted by Gasteiger charge is -2.22. The van der Waals surface area contributed by atoms with Crippen LogP contribution in [0.5, 0.6) is 0 Å². The first-order chi connectivity index (χ1) is 7.78. The van der Waals surface area contributed by atoms with Crippen LogP contribution in [0, 0.1) is 5.82 Å². The molecule has 1 atom stereocenters. The van der Waals surface area contributed by atoms with Crippen LogP contribution in [0.25, 0.3) is 0 Å². The van der Waals surface area contributed by atoms with Gasteiger partial charge in [-0.1, -0.05) is 12.1 Å².